The van der Waals surface area contributed by atoms with E-state index in [4.69, 9.17) is 4.74 Å². The Hall–Kier alpha value is -0.0800. The summed E-state index contributed by atoms with van der Waals surface area (Å²) in [7, 11) is 0. The maximum atomic E-state index is 9.97. The maximum absolute atomic E-state index is 9.97. The van der Waals surface area contributed by atoms with Gasteiger partial charge >= 0.3 is 0 Å². The molecule has 1 fully saturated rings. The fourth-order valence-electron chi connectivity index (χ4n) is 3.28. The number of ether oxygens (including phenoxy) is 1. The third-order valence-electron chi connectivity index (χ3n) is 5.00. The van der Waals surface area contributed by atoms with Crippen molar-refractivity contribution in [1.29, 1.82) is 0 Å². The van der Waals surface area contributed by atoms with Crippen LogP contribution in [0.1, 0.15) is 110 Å². The van der Waals surface area contributed by atoms with Gasteiger partial charge in [0.25, 0.3) is 0 Å². The predicted octanol–water partition coefficient (Wildman–Crippen LogP) is 6.01. The van der Waals surface area contributed by atoms with E-state index in [0.29, 0.717) is 6.10 Å². The second kappa shape index (κ2) is 14.5. The quantitative estimate of drug-likeness (QED) is 0.354. The van der Waals surface area contributed by atoms with Gasteiger partial charge in [-0.25, -0.2) is 0 Å². The lowest BCUT2D eigenvalue weighted by Gasteiger charge is -2.26. The van der Waals surface area contributed by atoms with Crippen molar-refractivity contribution in [3.8, 4) is 0 Å². The zero-order chi connectivity index (χ0) is 15.9. The van der Waals surface area contributed by atoms with Gasteiger partial charge in [-0.1, -0.05) is 84.0 Å². The van der Waals surface area contributed by atoms with E-state index < -0.39 is 0 Å². The minimum absolute atomic E-state index is 0.0399. The minimum Gasteiger partial charge on any atom is -0.393 e. The van der Waals surface area contributed by atoms with Gasteiger partial charge in [0.05, 0.1) is 12.2 Å². The average Bonchev–Trinajstić information content (AvgIpc) is 2.47. The van der Waals surface area contributed by atoms with Crippen LogP contribution in [-0.2, 0) is 4.74 Å². The van der Waals surface area contributed by atoms with Gasteiger partial charge in [0.15, 0.2) is 0 Å². The molecule has 1 aliphatic rings. The Kier molecular flexibility index (Phi) is 13.2. The molecule has 132 valence electrons. The first-order valence-electron chi connectivity index (χ1n) is 10.1. The largest absolute Gasteiger partial charge is 0.393 e. The Morgan fingerprint density at radius 3 is 1.82 bits per heavy atom. The lowest BCUT2D eigenvalue weighted by Crippen LogP contribution is -2.26. The molecule has 2 unspecified atom stereocenters. The molecule has 0 saturated carbocycles. The average molecular weight is 313 g/mol. The summed E-state index contributed by atoms with van der Waals surface area (Å²) in [6.07, 6.45) is 21.0. The van der Waals surface area contributed by atoms with Crippen molar-refractivity contribution in [2.24, 2.45) is 0 Å². The molecule has 1 rings (SSSR count). The summed E-state index contributed by atoms with van der Waals surface area (Å²) >= 11 is 0. The number of rotatable bonds is 16. The van der Waals surface area contributed by atoms with Crippen LogP contribution in [-0.4, -0.2) is 23.9 Å². The van der Waals surface area contributed by atoms with Gasteiger partial charge < -0.3 is 9.84 Å². The molecule has 22 heavy (non-hydrogen) atoms. The number of hydrogen-bond acceptors (Lipinski definition) is 2. The highest BCUT2D eigenvalue weighted by atomic mass is 16.5. The second-order valence-corrected chi connectivity index (χ2v) is 7.19. The highest BCUT2D eigenvalue weighted by molar-refractivity contribution is 4.66. The monoisotopic (exact) mass is 312 g/mol. The van der Waals surface area contributed by atoms with Gasteiger partial charge in [-0.05, 0) is 25.7 Å². The third kappa shape index (κ3) is 11.5. The molecule has 2 nitrogen and oxygen atoms in total. The molecular formula is C20H40O2. The van der Waals surface area contributed by atoms with Gasteiger partial charge in [0.2, 0.25) is 0 Å². The molecule has 0 bridgehead atoms. The Labute approximate surface area is 139 Å². The molecule has 0 aromatic carbocycles. The molecule has 2 atom stereocenters. The summed E-state index contributed by atoms with van der Waals surface area (Å²) in [6, 6.07) is 0. The van der Waals surface area contributed by atoms with E-state index in [1.165, 1.54) is 89.9 Å². The summed E-state index contributed by atoms with van der Waals surface area (Å²) in [5, 5.41) is 9.97. The third-order valence-corrected chi connectivity index (χ3v) is 5.00. The molecule has 0 amide bonds. The number of aliphatic hydroxyl groups excluding tert-OH is 1. The normalized spacial score (nSPS) is 19.1. The van der Waals surface area contributed by atoms with Crippen LogP contribution >= 0.6 is 0 Å². The van der Waals surface area contributed by atoms with Crippen LogP contribution in [0.15, 0.2) is 0 Å². The maximum Gasteiger partial charge on any atom is 0.0597 e. The van der Waals surface area contributed by atoms with E-state index in [1.54, 1.807) is 0 Å². The summed E-state index contributed by atoms with van der Waals surface area (Å²) < 4.78 is 5.43. The SMILES string of the molecule is CCCCCCCCC(O)CCCCCCCCC1CCO1. The van der Waals surface area contributed by atoms with Crippen LogP contribution in [0.3, 0.4) is 0 Å². The van der Waals surface area contributed by atoms with E-state index in [9.17, 15) is 5.11 Å². The van der Waals surface area contributed by atoms with Crippen LogP contribution in [0.5, 0.6) is 0 Å². The zero-order valence-electron chi connectivity index (χ0n) is 15.0. The van der Waals surface area contributed by atoms with E-state index in [0.717, 1.165) is 19.4 Å². The second-order valence-electron chi connectivity index (χ2n) is 7.19. The topological polar surface area (TPSA) is 29.5 Å². The Morgan fingerprint density at radius 2 is 1.32 bits per heavy atom. The highest BCUT2D eigenvalue weighted by Gasteiger charge is 2.16. The Morgan fingerprint density at radius 1 is 0.818 bits per heavy atom. The lowest BCUT2D eigenvalue weighted by molar-refractivity contribution is -0.0556. The predicted molar refractivity (Wildman–Crippen MR) is 95.3 cm³/mol. The zero-order valence-corrected chi connectivity index (χ0v) is 15.0. The Bertz CT molecular complexity index is 226. The summed E-state index contributed by atoms with van der Waals surface area (Å²) in [4.78, 5) is 0. The van der Waals surface area contributed by atoms with Gasteiger partial charge in [-0.2, -0.15) is 0 Å². The van der Waals surface area contributed by atoms with Crippen LogP contribution < -0.4 is 0 Å². The van der Waals surface area contributed by atoms with E-state index >= 15 is 0 Å². The summed E-state index contributed by atoms with van der Waals surface area (Å²) in [6.45, 7) is 3.25. The van der Waals surface area contributed by atoms with Crippen molar-refractivity contribution in [2.75, 3.05) is 6.61 Å². The van der Waals surface area contributed by atoms with Crippen molar-refractivity contribution >= 4 is 0 Å². The highest BCUT2D eigenvalue weighted by Crippen LogP contribution is 2.19. The minimum atomic E-state index is -0.0399. The van der Waals surface area contributed by atoms with Gasteiger partial charge in [0.1, 0.15) is 0 Å². The van der Waals surface area contributed by atoms with Gasteiger partial charge in [-0.15, -0.1) is 0 Å². The molecule has 1 saturated heterocycles. The first kappa shape index (κ1) is 20.0. The number of unbranched alkanes of at least 4 members (excludes halogenated alkanes) is 10. The fraction of sp³-hybridized carbons (Fsp3) is 1.00. The molecule has 0 spiro atoms. The number of aliphatic hydroxyl groups is 1. The number of hydrogen-bond donors (Lipinski definition) is 1. The van der Waals surface area contributed by atoms with Gasteiger partial charge in [-0.3, -0.25) is 0 Å². The van der Waals surface area contributed by atoms with Crippen LogP contribution in [0.2, 0.25) is 0 Å². The standard InChI is InChI=1S/C20H40O2/c1-2-3-4-5-8-11-14-19(21)15-12-9-6-7-10-13-16-20-17-18-22-20/h19-21H,2-18H2,1H3. The smallest absolute Gasteiger partial charge is 0.0597 e. The molecule has 0 aromatic rings. The molecule has 0 radical (unpaired) electrons. The van der Waals surface area contributed by atoms with Crippen LogP contribution in [0, 0.1) is 0 Å². The lowest BCUT2D eigenvalue weighted by atomic mass is 10.0. The van der Waals surface area contributed by atoms with Crippen molar-refractivity contribution in [2.45, 2.75) is 122 Å². The molecule has 1 heterocycles. The van der Waals surface area contributed by atoms with Gasteiger partial charge in [0, 0.05) is 6.61 Å². The van der Waals surface area contributed by atoms with E-state index in [-0.39, 0.29) is 6.10 Å². The summed E-state index contributed by atoms with van der Waals surface area (Å²) in [5.41, 5.74) is 0. The van der Waals surface area contributed by atoms with E-state index in [2.05, 4.69) is 6.92 Å². The fourth-order valence-corrected chi connectivity index (χ4v) is 3.28. The first-order valence-corrected chi connectivity index (χ1v) is 10.1. The van der Waals surface area contributed by atoms with E-state index in [1.807, 2.05) is 0 Å². The summed E-state index contributed by atoms with van der Waals surface area (Å²) in [5.74, 6) is 0. The van der Waals surface area contributed by atoms with Crippen molar-refractivity contribution in [1.82, 2.24) is 0 Å². The van der Waals surface area contributed by atoms with Crippen molar-refractivity contribution in [3.63, 3.8) is 0 Å². The molecular weight excluding hydrogens is 272 g/mol. The molecule has 1 N–H and O–H groups in total. The Balaban J connectivity index is 1.71. The molecule has 1 aliphatic heterocycles. The van der Waals surface area contributed by atoms with Crippen LogP contribution in [0.25, 0.3) is 0 Å². The molecule has 0 aliphatic carbocycles. The van der Waals surface area contributed by atoms with Crippen LogP contribution in [0.4, 0.5) is 0 Å². The molecule has 0 aromatic heterocycles. The molecule has 2 heteroatoms. The first-order chi connectivity index (χ1) is 10.8. The van der Waals surface area contributed by atoms with Crippen molar-refractivity contribution in [3.05, 3.63) is 0 Å². The van der Waals surface area contributed by atoms with Crippen molar-refractivity contribution < 1.29 is 9.84 Å².